The summed E-state index contributed by atoms with van der Waals surface area (Å²) in [4.78, 5) is 24.6. The van der Waals surface area contributed by atoms with Crippen molar-refractivity contribution in [2.24, 2.45) is 0 Å². The Morgan fingerprint density at radius 1 is 1.07 bits per heavy atom. The molecule has 3 rings (SSSR count). The second kappa shape index (κ2) is 9.35. The van der Waals surface area contributed by atoms with Crippen LogP contribution in [0.3, 0.4) is 0 Å². The van der Waals surface area contributed by atoms with E-state index in [2.05, 4.69) is 0 Å². The van der Waals surface area contributed by atoms with Crippen molar-refractivity contribution < 1.29 is 28.2 Å². The highest BCUT2D eigenvalue weighted by atomic mass is 16.6. The largest absolute Gasteiger partial charge is 0.490 e. The number of hydrogen-bond donors (Lipinski definition) is 0. The fourth-order valence-corrected chi connectivity index (χ4v) is 2.83. The minimum atomic E-state index is -0.473. The van der Waals surface area contributed by atoms with Crippen molar-refractivity contribution in [3.63, 3.8) is 0 Å². The van der Waals surface area contributed by atoms with Gasteiger partial charge in [0.15, 0.2) is 18.1 Å². The summed E-state index contributed by atoms with van der Waals surface area (Å²) in [6.07, 6.45) is -0.218. The van der Waals surface area contributed by atoms with Crippen LogP contribution in [0.1, 0.15) is 26.5 Å². The molecule has 2 aromatic carbocycles. The van der Waals surface area contributed by atoms with Gasteiger partial charge in [-0.25, -0.2) is 4.79 Å². The molecule has 0 amide bonds. The molecule has 0 saturated carbocycles. The number of ether oxygens (including phenoxy) is 4. The smallest absolute Gasteiger partial charge is 0.344 e. The fraction of sp³-hybridized carbons (Fsp3) is 0.304. The highest BCUT2D eigenvalue weighted by Crippen LogP contribution is 2.33. The van der Waals surface area contributed by atoms with Crippen LogP contribution in [0, 0.1) is 6.92 Å². The lowest BCUT2D eigenvalue weighted by Crippen LogP contribution is -2.18. The molecule has 7 nitrogen and oxygen atoms in total. The number of benzene rings is 2. The summed E-state index contributed by atoms with van der Waals surface area (Å²) in [6.45, 7) is 7.28. The zero-order chi connectivity index (χ0) is 21.7. The third kappa shape index (κ3) is 4.92. The Kier molecular flexibility index (Phi) is 6.61. The van der Waals surface area contributed by atoms with Crippen LogP contribution in [0.2, 0.25) is 0 Å². The molecule has 30 heavy (non-hydrogen) atoms. The van der Waals surface area contributed by atoms with Gasteiger partial charge in [-0.2, -0.15) is 0 Å². The van der Waals surface area contributed by atoms with Gasteiger partial charge in [-0.1, -0.05) is 12.1 Å². The van der Waals surface area contributed by atoms with Crippen molar-refractivity contribution in [1.82, 2.24) is 0 Å². The van der Waals surface area contributed by atoms with E-state index in [1.807, 2.05) is 13.0 Å². The summed E-state index contributed by atoms with van der Waals surface area (Å²) in [5.41, 5.74) is 0.0171. The predicted molar refractivity (Wildman–Crippen MR) is 112 cm³/mol. The Hall–Kier alpha value is -3.48. The average Bonchev–Trinajstić information content (AvgIpc) is 2.70. The number of esters is 1. The maximum Gasteiger partial charge on any atom is 0.344 e. The summed E-state index contributed by atoms with van der Waals surface area (Å²) in [7, 11) is 0. The molecule has 158 valence electrons. The highest BCUT2D eigenvalue weighted by molar-refractivity contribution is 5.80. The summed E-state index contributed by atoms with van der Waals surface area (Å²) in [5.74, 6) is 1.29. The first-order valence-electron chi connectivity index (χ1n) is 9.68. The van der Waals surface area contributed by atoms with Gasteiger partial charge in [-0.15, -0.1) is 0 Å². The van der Waals surface area contributed by atoms with E-state index in [4.69, 9.17) is 23.4 Å². The molecule has 1 heterocycles. The van der Waals surface area contributed by atoms with E-state index >= 15 is 0 Å². The maximum absolute atomic E-state index is 13.0. The fourth-order valence-electron chi connectivity index (χ4n) is 2.83. The number of aryl methyl sites for hydroxylation is 1. The Morgan fingerprint density at radius 2 is 1.80 bits per heavy atom. The molecular weight excluding hydrogens is 388 g/mol. The van der Waals surface area contributed by atoms with Gasteiger partial charge in [0, 0.05) is 6.07 Å². The standard InChI is InChI=1S/C23H24O7/c1-5-26-18-8-6-7-9-19(18)30-23-15(4)29-20-12-16(10-11-17(20)22(23)25)27-13-21(24)28-14(2)3/h6-12,14H,5,13H2,1-4H3. The molecule has 0 aliphatic heterocycles. The monoisotopic (exact) mass is 412 g/mol. The topological polar surface area (TPSA) is 84.2 Å². The highest BCUT2D eigenvalue weighted by Gasteiger charge is 2.17. The lowest BCUT2D eigenvalue weighted by molar-refractivity contribution is -0.149. The van der Waals surface area contributed by atoms with Crippen LogP contribution >= 0.6 is 0 Å². The Bertz CT molecular complexity index is 1100. The maximum atomic E-state index is 13.0. The first kappa shape index (κ1) is 21.2. The predicted octanol–water partition coefficient (Wildman–Crippen LogP) is 4.62. The van der Waals surface area contributed by atoms with Crippen molar-refractivity contribution in [1.29, 1.82) is 0 Å². The summed E-state index contributed by atoms with van der Waals surface area (Å²) in [5, 5.41) is 0.335. The number of carbonyl (C=O) groups excluding carboxylic acids is 1. The molecule has 0 bridgehead atoms. The second-order valence-electron chi connectivity index (χ2n) is 6.78. The molecule has 0 saturated heterocycles. The van der Waals surface area contributed by atoms with Gasteiger partial charge in [-0.05, 0) is 52.0 Å². The molecule has 0 spiro atoms. The number of hydrogen-bond acceptors (Lipinski definition) is 7. The normalized spacial score (nSPS) is 10.8. The van der Waals surface area contributed by atoms with E-state index in [0.717, 1.165) is 0 Å². The van der Waals surface area contributed by atoms with Gasteiger partial charge >= 0.3 is 5.97 Å². The summed E-state index contributed by atoms with van der Waals surface area (Å²) in [6, 6.07) is 11.8. The Morgan fingerprint density at radius 3 is 2.50 bits per heavy atom. The van der Waals surface area contributed by atoms with Crippen molar-refractivity contribution in [2.75, 3.05) is 13.2 Å². The molecule has 0 atom stereocenters. The molecule has 3 aromatic rings. The summed E-state index contributed by atoms with van der Waals surface area (Å²) < 4.78 is 27.7. The Balaban J connectivity index is 1.87. The number of fused-ring (bicyclic) bond motifs is 1. The Labute approximate surface area is 174 Å². The third-order valence-corrected chi connectivity index (χ3v) is 4.07. The molecule has 0 fully saturated rings. The van der Waals surface area contributed by atoms with Gasteiger partial charge in [-0.3, -0.25) is 4.79 Å². The lowest BCUT2D eigenvalue weighted by Gasteiger charge is -2.13. The van der Waals surface area contributed by atoms with Gasteiger partial charge in [0.1, 0.15) is 17.1 Å². The molecule has 0 aliphatic carbocycles. The zero-order valence-corrected chi connectivity index (χ0v) is 17.4. The van der Waals surface area contributed by atoms with E-state index in [0.29, 0.717) is 40.6 Å². The van der Waals surface area contributed by atoms with Crippen LogP contribution in [0.5, 0.6) is 23.0 Å². The van der Waals surface area contributed by atoms with Crippen molar-refractivity contribution in [3.05, 3.63) is 58.4 Å². The van der Waals surface area contributed by atoms with Gasteiger partial charge in [0.25, 0.3) is 0 Å². The van der Waals surface area contributed by atoms with Crippen molar-refractivity contribution in [3.8, 4) is 23.0 Å². The van der Waals surface area contributed by atoms with Gasteiger partial charge in [0.2, 0.25) is 11.2 Å². The quantitative estimate of drug-likeness (QED) is 0.499. The second-order valence-corrected chi connectivity index (χ2v) is 6.78. The van der Waals surface area contributed by atoms with Crippen LogP contribution in [0.4, 0.5) is 0 Å². The zero-order valence-electron chi connectivity index (χ0n) is 17.4. The molecule has 0 N–H and O–H groups in total. The van der Waals surface area contributed by atoms with Crippen LogP contribution in [-0.4, -0.2) is 25.3 Å². The van der Waals surface area contributed by atoms with E-state index in [1.54, 1.807) is 57.2 Å². The lowest BCUT2D eigenvalue weighted by atomic mass is 10.2. The average molecular weight is 412 g/mol. The van der Waals surface area contributed by atoms with Crippen LogP contribution in [-0.2, 0) is 9.53 Å². The first-order chi connectivity index (χ1) is 14.4. The van der Waals surface area contributed by atoms with Gasteiger partial charge in [0.05, 0.1) is 18.1 Å². The number of rotatable bonds is 8. The minimum absolute atomic E-state index is 0.0869. The van der Waals surface area contributed by atoms with Crippen LogP contribution in [0.25, 0.3) is 11.0 Å². The van der Waals surface area contributed by atoms with E-state index in [9.17, 15) is 9.59 Å². The number of para-hydroxylation sites is 2. The van der Waals surface area contributed by atoms with E-state index in [1.165, 1.54) is 0 Å². The molecule has 0 radical (unpaired) electrons. The first-order valence-corrected chi connectivity index (χ1v) is 9.68. The molecule has 7 heteroatoms. The third-order valence-electron chi connectivity index (χ3n) is 4.07. The summed E-state index contributed by atoms with van der Waals surface area (Å²) >= 11 is 0. The van der Waals surface area contributed by atoms with E-state index < -0.39 is 5.97 Å². The van der Waals surface area contributed by atoms with Crippen molar-refractivity contribution >= 4 is 16.9 Å². The van der Waals surface area contributed by atoms with Gasteiger partial charge < -0.3 is 23.4 Å². The van der Waals surface area contributed by atoms with Crippen LogP contribution < -0.4 is 19.6 Å². The van der Waals surface area contributed by atoms with E-state index in [-0.39, 0.29) is 23.9 Å². The number of carbonyl (C=O) groups is 1. The molecule has 1 aromatic heterocycles. The molecule has 0 unspecified atom stereocenters. The molecular formula is C23H24O7. The minimum Gasteiger partial charge on any atom is -0.490 e. The van der Waals surface area contributed by atoms with Crippen LogP contribution in [0.15, 0.2) is 51.7 Å². The van der Waals surface area contributed by atoms with Crippen molar-refractivity contribution in [2.45, 2.75) is 33.8 Å². The SMILES string of the molecule is CCOc1ccccc1Oc1c(C)oc2cc(OCC(=O)OC(C)C)ccc2c1=O. The molecule has 0 aliphatic rings.